The van der Waals surface area contributed by atoms with Gasteiger partial charge in [0, 0.05) is 6.20 Å². The molecule has 0 aliphatic rings. The Balaban J connectivity index is 2.00. The maximum absolute atomic E-state index is 13.6. The van der Waals surface area contributed by atoms with E-state index in [4.69, 9.17) is 4.74 Å². The Morgan fingerprint density at radius 1 is 1.28 bits per heavy atom. The van der Waals surface area contributed by atoms with Crippen molar-refractivity contribution in [1.29, 1.82) is 0 Å². The Kier molecular flexibility index (Phi) is 4.70. The molecule has 3 aromatic rings. The number of benzene rings is 1. The van der Waals surface area contributed by atoms with Crippen LogP contribution in [0.5, 0.6) is 5.75 Å². The summed E-state index contributed by atoms with van der Waals surface area (Å²) in [7, 11) is 0. The van der Waals surface area contributed by atoms with Crippen molar-refractivity contribution in [3.8, 4) is 5.75 Å². The molecule has 130 valence electrons. The number of aryl methyl sites for hydroxylation is 1. The minimum atomic E-state index is -0.426. The molecule has 1 N–H and O–H groups in total. The molecular formula is C19H20FN3O2. The molecule has 0 aliphatic heterocycles. The quantitative estimate of drug-likeness (QED) is 0.761. The van der Waals surface area contributed by atoms with Gasteiger partial charge in [-0.3, -0.25) is 9.20 Å². The number of anilines is 1. The van der Waals surface area contributed by atoms with Gasteiger partial charge in [-0.2, -0.15) is 0 Å². The molecule has 1 aromatic carbocycles. The summed E-state index contributed by atoms with van der Waals surface area (Å²) in [5.74, 6) is -0.191. The first-order valence-corrected chi connectivity index (χ1v) is 8.23. The second-order valence-electron chi connectivity index (χ2n) is 5.95. The molecule has 1 amide bonds. The summed E-state index contributed by atoms with van der Waals surface area (Å²) in [5, 5.41) is 2.86. The summed E-state index contributed by atoms with van der Waals surface area (Å²) < 4.78 is 20.8. The number of amides is 1. The van der Waals surface area contributed by atoms with Crippen LogP contribution < -0.4 is 10.1 Å². The number of aromatic nitrogens is 2. The summed E-state index contributed by atoms with van der Waals surface area (Å²) in [4.78, 5) is 17.3. The number of hydrogen-bond donors (Lipinski definition) is 1. The number of nitrogens with zero attached hydrogens (tertiary/aromatic N) is 2. The summed E-state index contributed by atoms with van der Waals surface area (Å²) in [5.41, 5.74) is 2.05. The zero-order valence-electron chi connectivity index (χ0n) is 14.4. The molecular weight excluding hydrogens is 321 g/mol. The standard InChI is InChI=1S/C19H20FN3O2/c1-4-14-18(23-11-13(20)9-10-17(23)21-14)19(24)22-15-7-5-6-8-16(15)25-12(2)3/h5-12H,4H2,1-3H3,(H,22,24). The third-order valence-corrected chi connectivity index (χ3v) is 3.70. The third kappa shape index (κ3) is 3.47. The number of rotatable bonds is 5. The normalized spacial score (nSPS) is 11.1. The molecule has 0 fully saturated rings. The van der Waals surface area contributed by atoms with Gasteiger partial charge >= 0.3 is 0 Å². The number of imidazole rings is 1. The highest BCUT2D eigenvalue weighted by Crippen LogP contribution is 2.26. The molecule has 0 radical (unpaired) electrons. The van der Waals surface area contributed by atoms with E-state index in [0.29, 0.717) is 34.9 Å². The van der Waals surface area contributed by atoms with E-state index in [2.05, 4.69) is 10.3 Å². The molecule has 2 aromatic heterocycles. The van der Waals surface area contributed by atoms with Gasteiger partial charge in [-0.15, -0.1) is 0 Å². The fourth-order valence-electron chi connectivity index (χ4n) is 2.66. The molecule has 6 heteroatoms. The Morgan fingerprint density at radius 3 is 2.76 bits per heavy atom. The van der Waals surface area contributed by atoms with Crippen LogP contribution in [-0.4, -0.2) is 21.4 Å². The number of pyridine rings is 1. The van der Waals surface area contributed by atoms with Crippen LogP contribution in [0.3, 0.4) is 0 Å². The van der Waals surface area contributed by atoms with Crippen LogP contribution in [0, 0.1) is 5.82 Å². The molecule has 5 nitrogen and oxygen atoms in total. The lowest BCUT2D eigenvalue weighted by Gasteiger charge is -2.15. The van der Waals surface area contributed by atoms with Crippen molar-refractivity contribution < 1.29 is 13.9 Å². The number of para-hydroxylation sites is 2. The Bertz CT molecular complexity index is 918. The molecule has 0 saturated heterocycles. The number of fused-ring (bicyclic) bond motifs is 1. The van der Waals surface area contributed by atoms with Gasteiger partial charge in [0.2, 0.25) is 0 Å². The SMILES string of the molecule is CCc1nc2ccc(F)cn2c1C(=O)Nc1ccccc1OC(C)C. The van der Waals surface area contributed by atoms with E-state index in [1.54, 1.807) is 18.2 Å². The number of ether oxygens (including phenoxy) is 1. The van der Waals surface area contributed by atoms with E-state index in [9.17, 15) is 9.18 Å². The van der Waals surface area contributed by atoms with E-state index in [-0.39, 0.29) is 12.0 Å². The maximum atomic E-state index is 13.6. The van der Waals surface area contributed by atoms with Gasteiger partial charge < -0.3 is 10.1 Å². The van der Waals surface area contributed by atoms with Gasteiger partial charge in [-0.25, -0.2) is 9.37 Å². The van der Waals surface area contributed by atoms with Gasteiger partial charge in [0.25, 0.3) is 5.91 Å². The molecule has 0 saturated carbocycles. The lowest BCUT2D eigenvalue weighted by Crippen LogP contribution is -2.17. The van der Waals surface area contributed by atoms with E-state index in [0.717, 1.165) is 0 Å². The Labute approximate surface area is 145 Å². The van der Waals surface area contributed by atoms with Crippen molar-refractivity contribution >= 4 is 17.2 Å². The fourth-order valence-corrected chi connectivity index (χ4v) is 2.66. The third-order valence-electron chi connectivity index (χ3n) is 3.70. The molecule has 0 aliphatic carbocycles. The van der Waals surface area contributed by atoms with Crippen LogP contribution >= 0.6 is 0 Å². The van der Waals surface area contributed by atoms with Crippen molar-refractivity contribution in [3.63, 3.8) is 0 Å². The lowest BCUT2D eigenvalue weighted by atomic mass is 10.2. The molecule has 25 heavy (non-hydrogen) atoms. The Morgan fingerprint density at radius 2 is 2.04 bits per heavy atom. The molecule has 0 atom stereocenters. The number of carbonyl (C=O) groups is 1. The average molecular weight is 341 g/mol. The van der Waals surface area contributed by atoms with Crippen molar-refractivity contribution in [2.45, 2.75) is 33.3 Å². The maximum Gasteiger partial charge on any atom is 0.274 e. The molecule has 0 bridgehead atoms. The van der Waals surface area contributed by atoms with Crippen LogP contribution in [0.25, 0.3) is 5.65 Å². The lowest BCUT2D eigenvalue weighted by molar-refractivity contribution is 0.101. The average Bonchev–Trinajstić information content (AvgIpc) is 2.94. The highest BCUT2D eigenvalue weighted by molar-refractivity contribution is 6.05. The minimum absolute atomic E-state index is 0.0193. The van der Waals surface area contributed by atoms with Crippen molar-refractivity contribution in [2.75, 3.05) is 5.32 Å². The summed E-state index contributed by atoms with van der Waals surface area (Å²) >= 11 is 0. The fraction of sp³-hybridized carbons (Fsp3) is 0.263. The number of halogens is 1. The van der Waals surface area contributed by atoms with Gasteiger partial charge in [-0.05, 0) is 44.5 Å². The first kappa shape index (κ1) is 17.0. The van der Waals surface area contributed by atoms with Gasteiger partial charge in [0.15, 0.2) is 0 Å². The van der Waals surface area contributed by atoms with Crippen LogP contribution in [0.15, 0.2) is 42.6 Å². The van der Waals surface area contributed by atoms with Crippen LogP contribution in [0.4, 0.5) is 10.1 Å². The zero-order chi connectivity index (χ0) is 18.0. The van der Waals surface area contributed by atoms with Crippen molar-refractivity contribution in [3.05, 3.63) is 59.8 Å². The van der Waals surface area contributed by atoms with Crippen LogP contribution in [-0.2, 0) is 6.42 Å². The molecule has 2 heterocycles. The predicted molar refractivity (Wildman–Crippen MR) is 94.7 cm³/mol. The van der Waals surface area contributed by atoms with E-state index in [1.165, 1.54) is 16.7 Å². The second kappa shape index (κ2) is 6.93. The highest BCUT2D eigenvalue weighted by atomic mass is 19.1. The number of hydrogen-bond acceptors (Lipinski definition) is 3. The molecule has 0 spiro atoms. The van der Waals surface area contributed by atoms with Gasteiger partial charge in [-0.1, -0.05) is 19.1 Å². The second-order valence-corrected chi connectivity index (χ2v) is 5.95. The van der Waals surface area contributed by atoms with Gasteiger partial charge in [0.1, 0.15) is 22.9 Å². The molecule has 3 rings (SSSR count). The van der Waals surface area contributed by atoms with Crippen LogP contribution in [0.1, 0.15) is 37.0 Å². The highest BCUT2D eigenvalue weighted by Gasteiger charge is 2.20. The zero-order valence-corrected chi connectivity index (χ0v) is 14.4. The van der Waals surface area contributed by atoms with E-state index < -0.39 is 5.82 Å². The Hall–Kier alpha value is -2.89. The van der Waals surface area contributed by atoms with Crippen LogP contribution in [0.2, 0.25) is 0 Å². The van der Waals surface area contributed by atoms with E-state index in [1.807, 2.05) is 32.9 Å². The van der Waals surface area contributed by atoms with Gasteiger partial charge in [0.05, 0.1) is 17.5 Å². The largest absolute Gasteiger partial charge is 0.489 e. The smallest absolute Gasteiger partial charge is 0.274 e. The first-order chi connectivity index (χ1) is 12.0. The minimum Gasteiger partial charge on any atom is -0.489 e. The first-order valence-electron chi connectivity index (χ1n) is 8.23. The van der Waals surface area contributed by atoms with Crippen molar-refractivity contribution in [1.82, 2.24) is 9.38 Å². The topological polar surface area (TPSA) is 55.6 Å². The summed E-state index contributed by atoms with van der Waals surface area (Å²) in [6.07, 6.45) is 1.82. The summed E-state index contributed by atoms with van der Waals surface area (Å²) in [6, 6.07) is 10.1. The monoisotopic (exact) mass is 341 g/mol. The van der Waals surface area contributed by atoms with Crippen molar-refractivity contribution in [2.24, 2.45) is 0 Å². The number of carbonyl (C=O) groups excluding carboxylic acids is 1. The molecule has 0 unspecified atom stereocenters. The predicted octanol–water partition coefficient (Wildman–Crippen LogP) is 4.08. The summed E-state index contributed by atoms with van der Waals surface area (Å²) in [6.45, 7) is 5.74. The number of nitrogens with one attached hydrogen (secondary N) is 1. The van der Waals surface area contributed by atoms with E-state index >= 15 is 0 Å².